The highest BCUT2D eigenvalue weighted by Crippen LogP contribution is 2.39. The number of nitrogens with one attached hydrogen (secondary N) is 1. The second kappa shape index (κ2) is 20.2. The van der Waals surface area contributed by atoms with Crippen molar-refractivity contribution in [2.75, 3.05) is 85.0 Å². The summed E-state index contributed by atoms with van der Waals surface area (Å²) in [5.74, 6) is 3.39. The molecule has 0 bridgehead atoms. The number of amides is 4. The number of methoxy groups -OCH3 is 2. The van der Waals surface area contributed by atoms with Crippen molar-refractivity contribution in [2.45, 2.75) is 81.1 Å². The van der Waals surface area contributed by atoms with E-state index in [1.165, 1.54) is 16.2 Å². The molecule has 3 saturated heterocycles. The van der Waals surface area contributed by atoms with E-state index >= 15 is 0 Å². The fourth-order valence-electron chi connectivity index (χ4n) is 7.27. The Morgan fingerprint density at radius 1 is 0.931 bits per heavy atom. The molecule has 316 valence electrons. The molecule has 15 nitrogen and oxygen atoms in total. The molecular formula is C41H57N7O8S2. The van der Waals surface area contributed by atoms with Crippen molar-refractivity contribution in [1.29, 1.82) is 0 Å². The first-order chi connectivity index (χ1) is 27.9. The van der Waals surface area contributed by atoms with Gasteiger partial charge in [0.25, 0.3) is 0 Å². The van der Waals surface area contributed by atoms with E-state index in [4.69, 9.17) is 18.6 Å². The number of benzene rings is 1. The Morgan fingerprint density at radius 2 is 1.66 bits per heavy atom. The third kappa shape index (κ3) is 11.7. The first kappa shape index (κ1) is 43.4. The lowest BCUT2D eigenvalue weighted by atomic mass is 9.94. The van der Waals surface area contributed by atoms with Gasteiger partial charge >= 0.3 is 0 Å². The van der Waals surface area contributed by atoms with Gasteiger partial charge in [0.2, 0.25) is 35.3 Å². The summed E-state index contributed by atoms with van der Waals surface area (Å²) < 4.78 is 24.3. The molecular weight excluding hydrogens is 783 g/mol. The maximum absolute atomic E-state index is 13.2. The zero-order chi connectivity index (χ0) is 41.2. The Kier molecular flexibility index (Phi) is 15.1. The average Bonchev–Trinajstić information content (AvgIpc) is 3.90. The Bertz CT molecular complexity index is 1850. The number of aryl methyl sites for hydroxylation is 1. The van der Waals surface area contributed by atoms with Crippen molar-refractivity contribution in [3.8, 4) is 17.2 Å². The number of rotatable bonds is 16. The van der Waals surface area contributed by atoms with Crippen molar-refractivity contribution >= 4 is 51.9 Å². The number of aromatic nitrogens is 2. The van der Waals surface area contributed by atoms with Gasteiger partial charge in [-0.3, -0.25) is 33.9 Å². The zero-order valence-corrected chi connectivity index (χ0v) is 36.0. The van der Waals surface area contributed by atoms with Gasteiger partial charge in [0.15, 0.2) is 16.6 Å². The summed E-state index contributed by atoms with van der Waals surface area (Å²) in [4.78, 5) is 67.7. The summed E-state index contributed by atoms with van der Waals surface area (Å²) in [6, 6.07) is 3.71. The van der Waals surface area contributed by atoms with Crippen LogP contribution in [-0.4, -0.2) is 133 Å². The van der Waals surface area contributed by atoms with Crippen LogP contribution in [0, 0.1) is 5.92 Å². The SMILES string of the molecule is COc1cc(CCC(=O)N2CCCCC2=O)cc(OC)c1OCCN1CCN(C(=O)CN2CCC(C(=O)Nc3ncc(SCc4ncc(C(C)(C)C)o4)s3)CC2)CC1. The van der Waals surface area contributed by atoms with Crippen LogP contribution in [-0.2, 0) is 36.8 Å². The molecule has 3 aliphatic heterocycles. The fourth-order valence-corrected chi connectivity index (χ4v) is 9.00. The molecule has 3 aliphatic rings. The molecule has 1 N–H and O–H groups in total. The van der Waals surface area contributed by atoms with Gasteiger partial charge in [-0.05, 0) is 62.9 Å². The van der Waals surface area contributed by atoms with E-state index in [0.29, 0.717) is 112 Å². The van der Waals surface area contributed by atoms with Gasteiger partial charge in [0.05, 0.1) is 43.1 Å². The average molecular weight is 840 g/mol. The number of piperazine rings is 1. The van der Waals surface area contributed by atoms with E-state index in [1.807, 2.05) is 17.0 Å². The molecule has 3 aromatic rings. The highest BCUT2D eigenvalue weighted by Gasteiger charge is 2.29. The van der Waals surface area contributed by atoms with Gasteiger partial charge < -0.3 is 28.8 Å². The minimum Gasteiger partial charge on any atom is -0.493 e. The maximum atomic E-state index is 13.2. The number of anilines is 1. The summed E-state index contributed by atoms with van der Waals surface area (Å²) >= 11 is 3.03. The number of piperidine rings is 2. The lowest BCUT2D eigenvalue weighted by Gasteiger charge is -2.37. The molecule has 0 atom stereocenters. The van der Waals surface area contributed by atoms with Crippen LogP contribution in [0.4, 0.5) is 5.13 Å². The third-order valence-corrected chi connectivity index (χ3v) is 12.9. The van der Waals surface area contributed by atoms with Gasteiger partial charge in [0, 0.05) is 63.4 Å². The van der Waals surface area contributed by atoms with Crippen LogP contribution in [0.15, 0.2) is 33.2 Å². The number of nitrogens with zero attached hydrogens (tertiary/aromatic N) is 6. The van der Waals surface area contributed by atoms with E-state index in [1.54, 1.807) is 38.4 Å². The van der Waals surface area contributed by atoms with Crippen LogP contribution in [0.3, 0.4) is 0 Å². The third-order valence-electron chi connectivity index (χ3n) is 10.8. The molecule has 0 spiro atoms. The molecule has 4 amide bonds. The maximum Gasteiger partial charge on any atom is 0.236 e. The lowest BCUT2D eigenvalue weighted by molar-refractivity contribution is -0.146. The monoisotopic (exact) mass is 839 g/mol. The molecule has 58 heavy (non-hydrogen) atoms. The van der Waals surface area contributed by atoms with Gasteiger partial charge in [-0.15, -0.1) is 11.8 Å². The lowest BCUT2D eigenvalue weighted by Crippen LogP contribution is -2.52. The van der Waals surface area contributed by atoms with Crippen LogP contribution in [0.1, 0.15) is 76.5 Å². The number of likely N-dealkylation sites (tertiary alicyclic amines) is 2. The van der Waals surface area contributed by atoms with E-state index in [-0.39, 0.29) is 41.4 Å². The number of ether oxygens (including phenoxy) is 3. The Morgan fingerprint density at radius 3 is 2.31 bits per heavy atom. The highest BCUT2D eigenvalue weighted by molar-refractivity contribution is 8.00. The predicted octanol–water partition coefficient (Wildman–Crippen LogP) is 5.08. The quantitative estimate of drug-likeness (QED) is 0.191. The topological polar surface area (TPSA) is 160 Å². The minimum atomic E-state index is -0.153. The van der Waals surface area contributed by atoms with Gasteiger partial charge in [-0.2, -0.15) is 0 Å². The molecule has 0 saturated carbocycles. The number of imide groups is 1. The number of hydrogen-bond acceptors (Lipinski definition) is 14. The second-order valence-corrected chi connectivity index (χ2v) is 18.3. The highest BCUT2D eigenvalue weighted by atomic mass is 32.2. The molecule has 0 radical (unpaired) electrons. The number of carbonyl (C=O) groups excluding carboxylic acids is 4. The number of thioether (sulfide) groups is 1. The smallest absolute Gasteiger partial charge is 0.236 e. The molecule has 3 fully saturated rings. The number of oxazole rings is 1. The molecule has 6 rings (SSSR count). The summed E-state index contributed by atoms with van der Waals surface area (Å²) in [5, 5.41) is 3.58. The second-order valence-electron chi connectivity index (χ2n) is 16.0. The van der Waals surface area contributed by atoms with E-state index in [2.05, 4.69) is 45.9 Å². The Hall–Kier alpha value is -4.19. The first-order valence-electron chi connectivity index (χ1n) is 20.2. The van der Waals surface area contributed by atoms with E-state index in [0.717, 1.165) is 41.5 Å². The van der Waals surface area contributed by atoms with E-state index in [9.17, 15) is 19.2 Å². The van der Waals surface area contributed by atoms with Gasteiger partial charge in [-0.25, -0.2) is 9.97 Å². The number of carbonyl (C=O) groups is 4. The van der Waals surface area contributed by atoms with Crippen molar-refractivity contribution in [2.24, 2.45) is 5.92 Å². The molecule has 0 unspecified atom stereocenters. The number of hydrogen-bond donors (Lipinski definition) is 1. The van der Waals surface area contributed by atoms with Crippen molar-refractivity contribution in [3.63, 3.8) is 0 Å². The summed E-state index contributed by atoms with van der Waals surface area (Å²) in [6.45, 7) is 12.4. The first-order valence-corrected chi connectivity index (χ1v) is 22.0. The minimum absolute atomic E-state index is 0.0238. The molecule has 0 aliphatic carbocycles. The van der Waals surface area contributed by atoms with Crippen LogP contribution in [0.5, 0.6) is 17.2 Å². The van der Waals surface area contributed by atoms with Crippen LogP contribution >= 0.6 is 23.1 Å². The van der Waals surface area contributed by atoms with E-state index < -0.39 is 0 Å². The van der Waals surface area contributed by atoms with Gasteiger partial charge in [-0.1, -0.05) is 32.1 Å². The fraction of sp³-hybridized carbons (Fsp3) is 0.610. The standard InChI is InChI=1S/C41H57N7O8S2/c1-41(2,3)32-24-42-33(56-32)27-57-37-25-43-40(58-37)44-39(52)29-11-14-46(15-12-29)26-36(51)47-18-16-45(17-19-47)20-21-55-38-30(53-4)22-28(23-31(38)54-5)9-10-35(50)48-13-7-6-8-34(48)49/h22-25,29H,6-21,26-27H2,1-5H3,(H,43,44,52). The Labute approximate surface area is 349 Å². The van der Waals surface area contributed by atoms with Crippen LogP contribution < -0.4 is 19.5 Å². The molecule has 5 heterocycles. The van der Waals surface area contributed by atoms with Crippen molar-refractivity contribution < 1.29 is 37.8 Å². The Balaban J connectivity index is 0.867. The van der Waals surface area contributed by atoms with Crippen molar-refractivity contribution in [1.82, 2.24) is 29.6 Å². The molecule has 2 aromatic heterocycles. The van der Waals surface area contributed by atoms with Gasteiger partial charge in [0.1, 0.15) is 12.4 Å². The van der Waals surface area contributed by atoms with Crippen molar-refractivity contribution in [3.05, 3.63) is 41.7 Å². The summed E-state index contributed by atoms with van der Waals surface area (Å²) in [5.41, 5.74) is 0.771. The normalized spacial score (nSPS) is 17.4. The van der Waals surface area contributed by atoms with Crippen LogP contribution in [0.25, 0.3) is 0 Å². The predicted molar refractivity (Wildman–Crippen MR) is 222 cm³/mol. The summed E-state index contributed by atoms with van der Waals surface area (Å²) in [6.07, 6.45) is 7.74. The molecule has 17 heteroatoms. The largest absolute Gasteiger partial charge is 0.493 e. The van der Waals surface area contributed by atoms with Crippen LogP contribution in [0.2, 0.25) is 0 Å². The number of thiazole rings is 1. The molecule has 1 aromatic carbocycles. The zero-order valence-electron chi connectivity index (χ0n) is 34.4. The summed E-state index contributed by atoms with van der Waals surface area (Å²) in [7, 11) is 3.14.